The number of amides is 2. The molecule has 1 aliphatic heterocycles. The van der Waals surface area contributed by atoms with Gasteiger partial charge in [0.25, 0.3) is 0 Å². The minimum Gasteiger partial charge on any atom is -0.480 e. The van der Waals surface area contributed by atoms with Crippen LogP contribution in [0.15, 0.2) is 0 Å². The fraction of sp³-hybridized carbons (Fsp3) is 0.762. The van der Waals surface area contributed by atoms with Gasteiger partial charge in [0.15, 0.2) is 0 Å². The molecule has 1 fully saturated rings. The lowest BCUT2D eigenvalue weighted by molar-refractivity contribution is -0.142. The number of hydrogen-bond acceptors (Lipinski definition) is 9. The SMILES string of the molecule is CCN1CCN(CC(=O)O)CCN(CC(=O)O)CCN(CC(=O)N[C@H](CCC(N)=O)C(=O)O)CC1. The third-order valence-corrected chi connectivity index (χ3v) is 5.77. The largest absolute Gasteiger partial charge is 0.480 e. The summed E-state index contributed by atoms with van der Waals surface area (Å²) in [6.07, 6.45) is -0.283. The summed E-state index contributed by atoms with van der Waals surface area (Å²) in [4.78, 5) is 65.0. The predicted molar refractivity (Wildman–Crippen MR) is 125 cm³/mol. The monoisotopic (exact) mass is 502 g/mol. The maximum absolute atomic E-state index is 12.6. The second-order valence-corrected chi connectivity index (χ2v) is 8.51. The molecule has 0 saturated carbocycles. The van der Waals surface area contributed by atoms with Crippen LogP contribution in [-0.2, 0) is 24.0 Å². The molecule has 0 spiro atoms. The van der Waals surface area contributed by atoms with E-state index in [2.05, 4.69) is 10.2 Å². The molecule has 0 aliphatic carbocycles. The molecule has 0 unspecified atom stereocenters. The van der Waals surface area contributed by atoms with Crippen molar-refractivity contribution < 1.29 is 39.3 Å². The molecule has 35 heavy (non-hydrogen) atoms. The molecule has 200 valence electrons. The zero-order chi connectivity index (χ0) is 26.4. The van der Waals surface area contributed by atoms with Crippen molar-refractivity contribution in [2.75, 3.05) is 78.5 Å². The van der Waals surface area contributed by atoms with Gasteiger partial charge in [0.05, 0.1) is 19.6 Å². The molecule has 1 atom stereocenters. The summed E-state index contributed by atoms with van der Waals surface area (Å²) in [5.41, 5.74) is 5.07. The van der Waals surface area contributed by atoms with Crippen LogP contribution in [0, 0.1) is 0 Å². The van der Waals surface area contributed by atoms with Crippen LogP contribution in [-0.4, -0.2) is 149 Å². The van der Waals surface area contributed by atoms with Gasteiger partial charge in [-0.3, -0.25) is 33.9 Å². The summed E-state index contributed by atoms with van der Waals surface area (Å²) in [5, 5.41) is 30.2. The molecule has 1 aliphatic rings. The number of nitrogens with one attached hydrogen (secondary N) is 1. The van der Waals surface area contributed by atoms with Crippen molar-refractivity contribution in [3.8, 4) is 0 Å². The fourth-order valence-electron chi connectivity index (χ4n) is 3.74. The van der Waals surface area contributed by atoms with Gasteiger partial charge in [-0.2, -0.15) is 0 Å². The number of hydrogen-bond donors (Lipinski definition) is 5. The topological polar surface area (TPSA) is 197 Å². The van der Waals surface area contributed by atoms with Crippen LogP contribution in [0.1, 0.15) is 19.8 Å². The molecular formula is C21H38N6O8. The third kappa shape index (κ3) is 13.6. The highest BCUT2D eigenvalue weighted by Crippen LogP contribution is 2.02. The number of carboxylic acids is 3. The van der Waals surface area contributed by atoms with E-state index >= 15 is 0 Å². The van der Waals surface area contributed by atoms with Gasteiger partial charge < -0.3 is 31.3 Å². The zero-order valence-electron chi connectivity index (χ0n) is 20.2. The Morgan fingerprint density at radius 3 is 1.49 bits per heavy atom. The van der Waals surface area contributed by atoms with E-state index in [0.29, 0.717) is 52.4 Å². The molecule has 0 radical (unpaired) electrons. The number of aliphatic carboxylic acids is 3. The normalized spacial score (nSPS) is 18.7. The van der Waals surface area contributed by atoms with E-state index in [1.165, 1.54) is 0 Å². The van der Waals surface area contributed by atoms with Crippen LogP contribution >= 0.6 is 0 Å². The van der Waals surface area contributed by atoms with E-state index in [-0.39, 0.29) is 32.5 Å². The first-order chi connectivity index (χ1) is 16.5. The van der Waals surface area contributed by atoms with Crippen LogP contribution < -0.4 is 11.1 Å². The highest BCUT2D eigenvalue weighted by molar-refractivity contribution is 5.85. The summed E-state index contributed by atoms with van der Waals surface area (Å²) in [6.45, 7) is 5.85. The second kappa shape index (κ2) is 16.0. The first kappa shape index (κ1) is 30.2. The number of likely N-dealkylation sites (N-methyl/N-ethyl adjacent to an activating group) is 1. The van der Waals surface area contributed by atoms with Crippen molar-refractivity contribution in [2.45, 2.75) is 25.8 Å². The second-order valence-electron chi connectivity index (χ2n) is 8.51. The van der Waals surface area contributed by atoms with Crippen LogP contribution in [0.2, 0.25) is 0 Å². The van der Waals surface area contributed by atoms with Gasteiger partial charge >= 0.3 is 17.9 Å². The summed E-state index contributed by atoms with van der Waals surface area (Å²) in [7, 11) is 0. The molecule has 0 bridgehead atoms. The number of nitrogens with zero attached hydrogens (tertiary/aromatic N) is 4. The first-order valence-electron chi connectivity index (χ1n) is 11.6. The van der Waals surface area contributed by atoms with Crippen LogP contribution in [0.3, 0.4) is 0 Å². The molecule has 2 amide bonds. The smallest absolute Gasteiger partial charge is 0.326 e. The molecule has 14 heteroatoms. The quantitative estimate of drug-likeness (QED) is 0.184. The lowest BCUT2D eigenvalue weighted by atomic mass is 10.1. The number of carboxylic acid groups (broad SMARTS) is 3. The summed E-state index contributed by atoms with van der Waals surface area (Å²) in [5.74, 6) is -4.40. The summed E-state index contributed by atoms with van der Waals surface area (Å²) < 4.78 is 0. The van der Waals surface area contributed by atoms with Gasteiger partial charge in [-0.05, 0) is 13.0 Å². The Morgan fingerprint density at radius 1 is 0.743 bits per heavy atom. The lowest BCUT2D eigenvalue weighted by Gasteiger charge is -2.33. The van der Waals surface area contributed by atoms with Crippen LogP contribution in [0.4, 0.5) is 0 Å². The maximum atomic E-state index is 12.6. The third-order valence-electron chi connectivity index (χ3n) is 5.77. The van der Waals surface area contributed by atoms with E-state index in [4.69, 9.17) is 5.73 Å². The van der Waals surface area contributed by atoms with Crippen molar-refractivity contribution in [1.29, 1.82) is 0 Å². The Balaban J connectivity index is 2.88. The summed E-state index contributed by atoms with van der Waals surface area (Å²) in [6, 6.07) is -1.24. The highest BCUT2D eigenvalue weighted by Gasteiger charge is 2.23. The lowest BCUT2D eigenvalue weighted by Crippen LogP contribution is -2.50. The Bertz CT molecular complexity index is 737. The van der Waals surface area contributed by atoms with Crippen molar-refractivity contribution in [3.63, 3.8) is 0 Å². The first-order valence-corrected chi connectivity index (χ1v) is 11.6. The van der Waals surface area contributed by atoms with Gasteiger partial charge in [-0.25, -0.2) is 4.79 Å². The Morgan fingerprint density at radius 2 is 1.14 bits per heavy atom. The van der Waals surface area contributed by atoms with Gasteiger partial charge in [0.1, 0.15) is 6.04 Å². The minimum atomic E-state index is -1.26. The molecule has 0 aromatic carbocycles. The molecule has 1 saturated heterocycles. The highest BCUT2D eigenvalue weighted by atomic mass is 16.4. The minimum absolute atomic E-state index is 0.0933. The zero-order valence-corrected chi connectivity index (χ0v) is 20.2. The van der Waals surface area contributed by atoms with Crippen LogP contribution in [0.25, 0.3) is 0 Å². The molecule has 0 aromatic heterocycles. The van der Waals surface area contributed by atoms with E-state index in [1.54, 1.807) is 9.80 Å². The van der Waals surface area contributed by atoms with Crippen molar-refractivity contribution in [3.05, 3.63) is 0 Å². The average molecular weight is 503 g/mol. The van der Waals surface area contributed by atoms with Crippen molar-refractivity contribution in [1.82, 2.24) is 24.9 Å². The Hall–Kier alpha value is -2.81. The van der Waals surface area contributed by atoms with Gasteiger partial charge in [-0.15, -0.1) is 0 Å². The van der Waals surface area contributed by atoms with Crippen molar-refractivity contribution in [2.24, 2.45) is 5.73 Å². The molecule has 14 nitrogen and oxygen atoms in total. The van der Waals surface area contributed by atoms with E-state index in [0.717, 1.165) is 6.54 Å². The number of primary amides is 1. The van der Waals surface area contributed by atoms with E-state index in [9.17, 15) is 39.3 Å². The molecule has 6 N–H and O–H groups in total. The maximum Gasteiger partial charge on any atom is 0.326 e. The van der Waals surface area contributed by atoms with Crippen molar-refractivity contribution >= 4 is 29.7 Å². The number of carbonyl (C=O) groups excluding carboxylic acids is 2. The Kier molecular flexibility index (Phi) is 13.8. The standard InChI is InChI=1S/C21H38N6O8/c1-2-24-5-7-25(13-18(29)23-16(21(34)35)3-4-17(22)28)9-10-27(15-20(32)33)12-11-26(8-6-24)14-19(30)31/h16H,2-15H2,1H3,(H2,22,28)(H,23,29)(H,30,31)(H,32,33)(H,34,35)/t16-/m1/s1. The van der Waals surface area contributed by atoms with Gasteiger partial charge in [-0.1, -0.05) is 6.92 Å². The summed E-state index contributed by atoms with van der Waals surface area (Å²) >= 11 is 0. The predicted octanol–water partition coefficient (Wildman–Crippen LogP) is -2.77. The van der Waals surface area contributed by atoms with Gasteiger partial charge in [0, 0.05) is 58.8 Å². The van der Waals surface area contributed by atoms with E-state index < -0.39 is 35.8 Å². The molecule has 1 rings (SSSR count). The fourth-order valence-corrected chi connectivity index (χ4v) is 3.74. The van der Waals surface area contributed by atoms with Crippen LogP contribution in [0.5, 0.6) is 0 Å². The van der Waals surface area contributed by atoms with Gasteiger partial charge in [0.2, 0.25) is 11.8 Å². The Labute approximate surface area is 204 Å². The molecule has 1 heterocycles. The number of carbonyl (C=O) groups is 5. The van der Waals surface area contributed by atoms with E-state index in [1.807, 2.05) is 11.8 Å². The average Bonchev–Trinajstić information content (AvgIpc) is 2.75. The number of rotatable bonds is 12. The number of nitrogens with two attached hydrogens (primary N) is 1. The molecular weight excluding hydrogens is 464 g/mol. The molecule has 0 aromatic rings.